The van der Waals surface area contributed by atoms with Gasteiger partial charge in [0.2, 0.25) is 11.9 Å². The number of halogens is 3. The second-order valence-corrected chi connectivity index (χ2v) is 2.85. The quantitative estimate of drug-likeness (QED) is 0.492. The first-order valence-corrected chi connectivity index (χ1v) is 3.61. The molecule has 1 aromatic rings. The van der Waals surface area contributed by atoms with Crippen molar-refractivity contribution in [1.82, 2.24) is 0 Å². The van der Waals surface area contributed by atoms with Crippen LogP contribution in [0.3, 0.4) is 0 Å². The number of aryl methyl sites for hydroxylation is 2. The van der Waals surface area contributed by atoms with Crippen LogP contribution in [0.5, 0.6) is 0 Å². The van der Waals surface area contributed by atoms with E-state index >= 15 is 0 Å². The number of pyridine rings is 1. The fraction of sp³-hybridized carbons (Fsp3) is 0.375. The Morgan fingerprint density at radius 2 is 1.85 bits per heavy atom. The van der Waals surface area contributed by atoms with Gasteiger partial charge in [-0.1, -0.05) is 0 Å². The van der Waals surface area contributed by atoms with Crippen LogP contribution < -0.4 is 4.73 Å². The maximum atomic E-state index is 12.3. The van der Waals surface area contributed by atoms with Gasteiger partial charge in [0.15, 0.2) is 0 Å². The van der Waals surface area contributed by atoms with Crippen molar-refractivity contribution in [2.45, 2.75) is 20.0 Å². The molecule has 1 rings (SSSR count). The van der Waals surface area contributed by atoms with Crippen LogP contribution in [0.1, 0.15) is 16.8 Å². The van der Waals surface area contributed by atoms with E-state index in [0.717, 1.165) is 12.3 Å². The van der Waals surface area contributed by atoms with Gasteiger partial charge in [0.1, 0.15) is 0 Å². The topological polar surface area (TPSA) is 24.1 Å². The van der Waals surface area contributed by atoms with Crippen molar-refractivity contribution in [1.29, 1.82) is 0 Å². The van der Waals surface area contributed by atoms with E-state index in [1.165, 1.54) is 13.8 Å². The number of aromatic nitrogens is 1. The zero-order valence-corrected chi connectivity index (χ0v) is 7.18. The third-order valence-corrected chi connectivity index (χ3v) is 1.76. The smallest absolute Gasteiger partial charge is 0.285 e. The van der Waals surface area contributed by atoms with Gasteiger partial charge in [0.05, 0.1) is 5.56 Å². The normalized spacial score (nSPS) is 11.8. The average molecular weight is 192 g/mol. The Labute approximate surface area is 73.2 Å². The fourth-order valence-electron chi connectivity index (χ4n) is 1.05. The van der Waals surface area contributed by atoms with Crippen LogP contribution in [0.15, 0.2) is 12.3 Å². The lowest BCUT2D eigenvalue weighted by atomic mass is 10.1. The van der Waals surface area contributed by atoms with Gasteiger partial charge in [0, 0.05) is 23.3 Å². The van der Waals surface area contributed by atoms with Crippen LogP contribution in [0.4, 0.5) is 13.2 Å². The van der Waals surface area contributed by atoms with E-state index in [9.17, 15) is 13.2 Å². The Morgan fingerprint density at radius 3 is 2.31 bits per heavy atom. The van der Waals surface area contributed by atoms with Crippen LogP contribution in [-0.2, 0) is 6.18 Å². The third-order valence-electron chi connectivity index (χ3n) is 1.76. The molecular weight excluding hydrogens is 183 g/mol. The summed E-state index contributed by atoms with van der Waals surface area (Å²) < 4.78 is 37.5. The first kappa shape index (κ1) is 9.83. The lowest BCUT2D eigenvalue weighted by molar-refractivity contribution is -0.909. The summed E-state index contributed by atoms with van der Waals surface area (Å²) in [6.07, 6.45) is -3.32. The van der Waals surface area contributed by atoms with E-state index in [0.29, 0.717) is 4.73 Å². The summed E-state index contributed by atoms with van der Waals surface area (Å²) in [5.74, 6) is 0. The van der Waals surface area contributed by atoms with Gasteiger partial charge < -0.3 is 0 Å². The molecular formula is C8H9F3NO+. The minimum Gasteiger partial charge on any atom is -0.285 e. The summed E-state index contributed by atoms with van der Waals surface area (Å²) >= 11 is 0. The first-order chi connectivity index (χ1) is 5.82. The highest BCUT2D eigenvalue weighted by atomic mass is 19.4. The second-order valence-electron chi connectivity index (χ2n) is 2.85. The maximum absolute atomic E-state index is 12.3. The van der Waals surface area contributed by atoms with Gasteiger partial charge in [0.25, 0.3) is 0 Å². The van der Waals surface area contributed by atoms with Crippen LogP contribution in [0.25, 0.3) is 0 Å². The molecule has 0 aliphatic heterocycles. The molecule has 0 spiro atoms. The van der Waals surface area contributed by atoms with Crippen LogP contribution >= 0.6 is 0 Å². The van der Waals surface area contributed by atoms with Crippen molar-refractivity contribution >= 4 is 0 Å². The van der Waals surface area contributed by atoms with Gasteiger partial charge in [-0.3, -0.25) is 5.21 Å². The van der Waals surface area contributed by atoms with Crippen molar-refractivity contribution in [2.24, 2.45) is 0 Å². The molecule has 0 saturated carbocycles. The number of hydrogen-bond acceptors (Lipinski definition) is 1. The molecule has 0 amide bonds. The Hall–Kier alpha value is -1.26. The van der Waals surface area contributed by atoms with Crippen molar-refractivity contribution in [3.63, 3.8) is 0 Å². The molecule has 0 saturated heterocycles. The van der Waals surface area contributed by atoms with Crippen LogP contribution in [0.2, 0.25) is 0 Å². The van der Waals surface area contributed by atoms with Crippen molar-refractivity contribution in [3.05, 3.63) is 29.1 Å². The molecule has 0 atom stereocenters. The Morgan fingerprint density at radius 1 is 1.31 bits per heavy atom. The molecule has 0 aliphatic rings. The zero-order chi connectivity index (χ0) is 10.2. The van der Waals surface area contributed by atoms with Gasteiger partial charge >= 0.3 is 6.18 Å². The first-order valence-electron chi connectivity index (χ1n) is 3.61. The Bertz CT molecular complexity index is 333. The van der Waals surface area contributed by atoms with E-state index in [1.54, 1.807) is 0 Å². The summed E-state index contributed by atoms with van der Waals surface area (Å²) in [5.41, 5.74) is -0.561. The molecule has 1 heterocycles. The summed E-state index contributed by atoms with van der Waals surface area (Å²) in [6.45, 7) is 2.70. The molecule has 0 bridgehead atoms. The van der Waals surface area contributed by atoms with E-state index < -0.39 is 11.7 Å². The minimum atomic E-state index is -4.36. The molecule has 0 aromatic carbocycles. The molecule has 0 unspecified atom stereocenters. The predicted octanol–water partition coefficient (Wildman–Crippen LogP) is 1.85. The number of nitrogens with zero attached hydrogens (tertiary/aromatic N) is 1. The zero-order valence-electron chi connectivity index (χ0n) is 7.18. The lowest BCUT2D eigenvalue weighted by Gasteiger charge is -2.07. The van der Waals surface area contributed by atoms with Crippen molar-refractivity contribution < 1.29 is 23.1 Å². The highest BCUT2D eigenvalue weighted by Crippen LogP contribution is 2.31. The van der Waals surface area contributed by atoms with E-state index in [2.05, 4.69) is 0 Å². The predicted molar refractivity (Wildman–Crippen MR) is 38.3 cm³/mol. The van der Waals surface area contributed by atoms with E-state index in [1.807, 2.05) is 0 Å². The lowest BCUT2D eigenvalue weighted by Crippen LogP contribution is -2.34. The monoisotopic (exact) mass is 192 g/mol. The largest absolute Gasteiger partial charge is 0.417 e. The highest BCUT2D eigenvalue weighted by Gasteiger charge is 2.34. The van der Waals surface area contributed by atoms with E-state index in [4.69, 9.17) is 5.21 Å². The second kappa shape index (κ2) is 2.90. The number of alkyl halides is 3. The Kier molecular flexibility index (Phi) is 2.19. The molecule has 72 valence electrons. The fourth-order valence-corrected chi connectivity index (χ4v) is 1.05. The molecule has 5 heteroatoms. The minimum absolute atomic E-state index is 0.000556. The van der Waals surface area contributed by atoms with Gasteiger partial charge in [-0.25, -0.2) is 0 Å². The molecule has 1 N–H and O–H groups in total. The SMILES string of the molecule is Cc1c[n+](O)c(C)cc1C(F)(F)F. The van der Waals surface area contributed by atoms with Gasteiger partial charge in [-0.2, -0.15) is 13.2 Å². The van der Waals surface area contributed by atoms with Gasteiger partial charge in [-0.15, -0.1) is 0 Å². The number of hydrogen-bond donors (Lipinski definition) is 1. The maximum Gasteiger partial charge on any atom is 0.417 e. The average Bonchev–Trinajstić information content (AvgIpc) is 1.94. The summed E-state index contributed by atoms with van der Waals surface area (Å²) in [7, 11) is 0. The van der Waals surface area contributed by atoms with Crippen molar-refractivity contribution in [3.8, 4) is 0 Å². The molecule has 13 heavy (non-hydrogen) atoms. The third kappa shape index (κ3) is 1.91. The molecule has 0 aliphatic carbocycles. The molecule has 1 aromatic heterocycles. The van der Waals surface area contributed by atoms with Gasteiger partial charge in [-0.05, 0) is 6.92 Å². The van der Waals surface area contributed by atoms with Crippen molar-refractivity contribution in [2.75, 3.05) is 0 Å². The molecule has 0 fully saturated rings. The summed E-state index contributed by atoms with van der Waals surface area (Å²) in [4.78, 5) is 0. The van der Waals surface area contributed by atoms with Crippen LogP contribution in [-0.4, -0.2) is 5.21 Å². The van der Waals surface area contributed by atoms with E-state index in [-0.39, 0.29) is 11.3 Å². The molecule has 0 radical (unpaired) electrons. The van der Waals surface area contributed by atoms with Crippen LogP contribution in [0, 0.1) is 13.8 Å². The summed E-state index contributed by atoms with van der Waals surface area (Å²) in [6, 6.07) is 0.912. The Balaban J connectivity index is 3.32. The summed E-state index contributed by atoms with van der Waals surface area (Å²) in [5, 5.41) is 9.04. The standard InChI is InChI=1S/C8H9F3NO/c1-5-4-12(13)6(2)3-7(5)8(9,10)11/h3-4,13H,1-2H3/q+1. The molecule has 2 nitrogen and oxygen atoms in total. The highest BCUT2D eigenvalue weighted by molar-refractivity contribution is 5.24. The number of rotatable bonds is 0.